The quantitative estimate of drug-likeness (QED) is 0.168. The number of hydrogen-bond donors (Lipinski definition) is 4. The number of quaternary nitrogens is 2. The highest BCUT2D eigenvalue weighted by atomic mass is 35.5. The van der Waals surface area contributed by atoms with E-state index in [2.05, 4.69) is 11.5 Å². The van der Waals surface area contributed by atoms with Crippen molar-refractivity contribution >= 4 is 39.0 Å². The second kappa shape index (κ2) is 11.6. The number of halogens is 1. The lowest BCUT2D eigenvalue weighted by atomic mass is 10.2. The molecule has 8 N–H and O–H groups in total. The van der Waals surface area contributed by atoms with Crippen LogP contribution < -0.4 is 43.0 Å². The molecule has 1 unspecified atom stereocenters. The van der Waals surface area contributed by atoms with Gasteiger partial charge < -0.3 is 47.7 Å². The van der Waals surface area contributed by atoms with Gasteiger partial charge in [-0.05, 0) is 18.6 Å². The fourth-order valence-electron chi connectivity index (χ4n) is 2.49. The molecular weight excluding hydrogens is 477 g/mol. The van der Waals surface area contributed by atoms with Crippen molar-refractivity contribution in [2.75, 3.05) is 32.6 Å². The Morgan fingerprint density at radius 3 is 2.20 bits per heavy atom. The normalized spacial score (nSPS) is 13.6. The maximum absolute atomic E-state index is 12.5. The van der Waals surface area contributed by atoms with Gasteiger partial charge in [-0.25, -0.2) is 13.1 Å². The average Bonchev–Trinajstić information content (AvgIpc) is 2.97. The van der Waals surface area contributed by atoms with Crippen molar-refractivity contribution in [2.24, 2.45) is 0 Å². The smallest absolute Gasteiger partial charge is 0.250 e. The molecular formula is C16H27ClN3O7PS2. The van der Waals surface area contributed by atoms with Crippen LogP contribution in [-0.4, -0.2) is 45.9 Å². The molecule has 0 aliphatic heterocycles. The van der Waals surface area contributed by atoms with Crippen LogP contribution in [0.3, 0.4) is 0 Å². The zero-order valence-electron chi connectivity index (χ0n) is 16.6. The van der Waals surface area contributed by atoms with Gasteiger partial charge in [0.05, 0.1) is 32.6 Å². The zero-order chi connectivity index (χ0) is 21.7. The van der Waals surface area contributed by atoms with E-state index in [-0.39, 0.29) is 16.6 Å². The summed E-state index contributed by atoms with van der Waals surface area (Å²) in [6, 6.07) is 3.45. The van der Waals surface area contributed by atoms with Crippen LogP contribution in [0.25, 0.3) is 10.1 Å². The molecule has 0 bridgehead atoms. The largest absolute Gasteiger partial charge is 1.00 e. The third kappa shape index (κ3) is 7.33. The van der Waals surface area contributed by atoms with Crippen molar-refractivity contribution in [3.05, 3.63) is 17.7 Å². The van der Waals surface area contributed by atoms with Crippen molar-refractivity contribution < 1.29 is 56.1 Å². The number of ether oxygens (including phenoxy) is 2. The molecule has 0 saturated carbocycles. The molecule has 172 valence electrons. The predicted octanol–water partition coefficient (Wildman–Crippen LogP) is -3.98. The van der Waals surface area contributed by atoms with E-state index < -0.39 is 23.9 Å². The fraction of sp³-hybridized carbons (Fsp3) is 0.500. The average molecular weight is 504 g/mol. The first kappa shape index (κ1) is 27.1. The van der Waals surface area contributed by atoms with Gasteiger partial charge in [0.25, 0.3) is 10.0 Å². The van der Waals surface area contributed by atoms with E-state index >= 15 is 0 Å². The van der Waals surface area contributed by atoms with Crippen LogP contribution in [0.5, 0.6) is 11.5 Å². The van der Waals surface area contributed by atoms with Crippen molar-refractivity contribution in [3.8, 4) is 11.5 Å². The van der Waals surface area contributed by atoms with Gasteiger partial charge >= 0.3 is 0 Å². The van der Waals surface area contributed by atoms with Gasteiger partial charge in [-0.3, -0.25) is 0 Å². The Bertz CT molecular complexity index is 994. The number of hydrogen-bond acceptors (Lipinski definition) is 7. The Hall–Kier alpha value is -0.950. The van der Waals surface area contributed by atoms with Gasteiger partial charge in [0, 0.05) is 29.0 Å². The Balaban J connectivity index is 0.00000450. The SMILES string of the molecule is Cc1c(S(=O)(=O)NCP(=O)([O-])O)sc2cc(OCCC[NH3+])c(OCCC[NH3+])cc12.[Cl-]. The van der Waals surface area contributed by atoms with Gasteiger partial charge in [0.1, 0.15) is 11.8 Å². The number of fused-ring (bicyclic) bond motifs is 1. The number of aryl methyl sites for hydroxylation is 1. The highest BCUT2D eigenvalue weighted by molar-refractivity contribution is 7.92. The minimum atomic E-state index is -4.77. The molecule has 14 heteroatoms. The zero-order valence-corrected chi connectivity index (χ0v) is 19.8. The number of sulfonamides is 1. The Morgan fingerprint density at radius 2 is 1.70 bits per heavy atom. The second-order valence-corrected chi connectivity index (χ2v) is 11.0. The molecule has 1 heterocycles. The summed E-state index contributed by atoms with van der Waals surface area (Å²) in [5.41, 5.74) is 8.02. The van der Waals surface area contributed by atoms with Crippen LogP contribution in [0.4, 0.5) is 0 Å². The maximum Gasteiger partial charge on any atom is 0.250 e. The highest BCUT2D eigenvalue weighted by Crippen LogP contribution is 2.41. The molecule has 1 aromatic carbocycles. The van der Waals surface area contributed by atoms with Gasteiger partial charge in [-0.15, -0.1) is 11.3 Å². The van der Waals surface area contributed by atoms with Crippen molar-refractivity contribution in [1.82, 2.24) is 4.72 Å². The highest BCUT2D eigenvalue weighted by Gasteiger charge is 2.24. The van der Waals surface area contributed by atoms with E-state index in [1.165, 1.54) is 0 Å². The second-order valence-electron chi connectivity index (χ2n) is 6.36. The number of nitrogens with one attached hydrogen (secondary N) is 1. The summed E-state index contributed by atoms with van der Waals surface area (Å²) >= 11 is 0.990. The number of benzene rings is 1. The summed E-state index contributed by atoms with van der Waals surface area (Å²) in [7, 11) is -8.88. The minimum Gasteiger partial charge on any atom is -1.00 e. The minimum absolute atomic E-state index is 0. The Labute approximate surface area is 185 Å². The molecule has 0 aliphatic carbocycles. The monoisotopic (exact) mass is 503 g/mol. The van der Waals surface area contributed by atoms with Gasteiger partial charge in [-0.2, -0.15) is 0 Å². The van der Waals surface area contributed by atoms with Gasteiger partial charge in [-0.1, -0.05) is 0 Å². The predicted molar refractivity (Wildman–Crippen MR) is 107 cm³/mol. The lowest BCUT2D eigenvalue weighted by molar-refractivity contribution is -0.369. The first-order valence-electron chi connectivity index (χ1n) is 9.03. The Morgan fingerprint density at radius 1 is 1.17 bits per heavy atom. The van der Waals surface area contributed by atoms with E-state index in [0.29, 0.717) is 40.4 Å². The van der Waals surface area contributed by atoms with Crippen LogP contribution in [0.2, 0.25) is 0 Å². The molecule has 1 atom stereocenters. The molecule has 2 aromatic rings. The Kier molecular flexibility index (Phi) is 10.5. The summed E-state index contributed by atoms with van der Waals surface area (Å²) in [5, 5.41) is 0.666. The van der Waals surface area contributed by atoms with Crippen LogP contribution >= 0.6 is 18.9 Å². The molecule has 10 nitrogen and oxygen atoms in total. The molecule has 0 radical (unpaired) electrons. The fourth-order valence-corrected chi connectivity index (χ4v) is 6.30. The molecule has 0 spiro atoms. The number of thiophene rings is 1. The summed E-state index contributed by atoms with van der Waals surface area (Å²) < 4.78 is 50.1. The molecule has 0 amide bonds. The van der Waals surface area contributed by atoms with E-state index in [0.717, 1.165) is 37.3 Å². The summed E-state index contributed by atoms with van der Waals surface area (Å²) in [6.07, 6.45) is 0.459. The first-order chi connectivity index (χ1) is 13.6. The molecule has 1 aromatic heterocycles. The molecule has 2 rings (SSSR count). The lowest BCUT2D eigenvalue weighted by Gasteiger charge is -2.15. The summed E-state index contributed by atoms with van der Waals surface area (Å²) in [4.78, 5) is 19.8. The van der Waals surface area contributed by atoms with E-state index in [4.69, 9.17) is 14.4 Å². The van der Waals surface area contributed by atoms with E-state index in [1.54, 1.807) is 19.1 Å². The summed E-state index contributed by atoms with van der Waals surface area (Å²) in [5.74, 6) is 1.01. The first-order valence-corrected chi connectivity index (χ1v) is 13.1. The lowest BCUT2D eigenvalue weighted by Crippen LogP contribution is -3.00. The van der Waals surface area contributed by atoms with Crippen molar-refractivity contribution in [2.45, 2.75) is 24.0 Å². The third-order valence-corrected chi connectivity index (χ3v) is 8.01. The van der Waals surface area contributed by atoms with E-state index in [1.807, 2.05) is 4.72 Å². The number of rotatable bonds is 12. The standard InChI is InChI=1S/C16H26N3O7PS2.ClH/c1-11-12-8-13(25-6-2-4-17)14(26-7-3-5-18)9-15(12)28-16(11)29(23,24)19-10-27(20,21)22;/h8-9,19H,2-7,10,17-18H2,1H3,(H2,20,21,22);1H. The topological polar surface area (TPSA) is 180 Å². The van der Waals surface area contributed by atoms with Crippen LogP contribution in [-0.2, 0) is 14.6 Å². The van der Waals surface area contributed by atoms with Crippen LogP contribution in [0, 0.1) is 6.92 Å². The van der Waals surface area contributed by atoms with Gasteiger partial charge in [0.15, 0.2) is 11.5 Å². The maximum atomic E-state index is 12.5. The van der Waals surface area contributed by atoms with Crippen molar-refractivity contribution in [3.63, 3.8) is 0 Å². The molecule has 30 heavy (non-hydrogen) atoms. The molecule has 0 fully saturated rings. The summed E-state index contributed by atoms with van der Waals surface area (Å²) in [6.45, 7) is 3.98. The van der Waals surface area contributed by atoms with Gasteiger partial charge in [0.2, 0.25) is 0 Å². The van der Waals surface area contributed by atoms with Crippen LogP contribution in [0.1, 0.15) is 18.4 Å². The third-order valence-electron chi connectivity index (χ3n) is 3.96. The van der Waals surface area contributed by atoms with E-state index in [9.17, 15) is 17.9 Å². The van der Waals surface area contributed by atoms with Crippen molar-refractivity contribution in [1.29, 1.82) is 0 Å². The molecule has 0 aliphatic rings. The molecule has 0 saturated heterocycles. The van der Waals surface area contributed by atoms with Crippen LogP contribution in [0.15, 0.2) is 16.3 Å².